The van der Waals surface area contributed by atoms with Crippen LogP contribution in [0.15, 0.2) is 35.1 Å². The van der Waals surface area contributed by atoms with Gasteiger partial charge < -0.3 is 10.3 Å². The predicted octanol–water partition coefficient (Wildman–Crippen LogP) is 2.92. The highest BCUT2D eigenvalue weighted by Crippen LogP contribution is 2.16. The number of para-hydroxylation sites is 2. The fourth-order valence-electron chi connectivity index (χ4n) is 4.03. The smallest absolute Gasteiger partial charge is 0.267 e. The molecule has 2 N–H and O–H groups in total. The number of nitrogens with one attached hydrogen (secondary N) is 2. The van der Waals surface area contributed by atoms with E-state index in [0.29, 0.717) is 6.54 Å². The Bertz CT molecular complexity index is 1040. The first kappa shape index (κ1) is 20.3. The quantitative estimate of drug-likeness (QED) is 0.444. The number of fused-ring (bicyclic) bond motifs is 2. The Kier molecular flexibility index (Phi) is 6.57. The minimum Gasteiger partial charge on any atom is -0.354 e. The van der Waals surface area contributed by atoms with Crippen LogP contribution < -0.4 is 10.9 Å². The van der Waals surface area contributed by atoms with Gasteiger partial charge in [-0.2, -0.15) is 5.10 Å². The molecule has 7 nitrogen and oxygen atoms in total. The summed E-state index contributed by atoms with van der Waals surface area (Å²) >= 11 is 0. The van der Waals surface area contributed by atoms with Gasteiger partial charge in [0, 0.05) is 19.0 Å². The summed E-state index contributed by atoms with van der Waals surface area (Å²) in [6.07, 6.45) is 9.00. The van der Waals surface area contributed by atoms with Crippen LogP contribution in [-0.4, -0.2) is 32.2 Å². The van der Waals surface area contributed by atoms with Gasteiger partial charge in [0.1, 0.15) is 12.4 Å². The molecule has 0 atom stereocenters. The van der Waals surface area contributed by atoms with Crippen molar-refractivity contribution < 1.29 is 4.79 Å². The number of amides is 1. The standard InChI is InChI=1S/C23H29N5O2/c29-22(16-28-23(30)15-17-9-3-1-4-10-18(17)27-28)24-14-8-2-5-13-21-25-19-11-6-7-12-20(19)26-21/h6-7,11-12,15H,1-5,8-10,13-14,16H2,(H,24,29)(H,25,26). The van der Waals surface area contributed by atoms with E-state index in [9.17, 15) is 9.59 Å². The van der Waals surface area contributed by atoms with E-state index in [0.717, 1.165) is 79.5 Å². The number of aromatic nitrogens is 4. The predicted molar refractivity (Wildman–Crippen MR) is 116 cm³/mol. The number of carbonyl (C=O) groups is 1. The Labute approximate surface area is 175 Å². The second-order valence-corrected chi connectivity index (χ2v) is 8.03. The molecule has 0 fully saturated rings. The number of aryl methyl sites for hydroxylation is 3. The summed E-state index contributed by atoms with van der Waals surface area (Å²) in [5.74, 6) is 0.851. The van der Waals surface area contributed by atoms with Crippen LogP contribution in [0.4, 0.5) is 0 Å². The van der Waals surface area contributed by atoms with Crippen LogP contribution >= 0.6 is 0 Å². The average molecular weight is 408 g/mol. The zero-order valence-electron chi connectivity index (χ0n) is 17.3. The van der Waals surface area contributed by atoms with Crippen molar-refractivity contribution >= 4 is 16.9 Å². The van der Waals surface area contributed by atoms with E-state index in [1.54, 1.807) is 6.07 Å². The van der Waals surface area contributed by atoms with E-state index in [2.05, 4.69) is 20.4 Å². The molecule has 1 aliphatic carbocycles. The minimum atomic E-state index is -0.184. The van der Waals surface area contributed by atoms with Crippen LogP contribution in [0.1, 0.15) is 55.6 Å². The van der Waals surface area contributed by atoms with E-state index in [4.69, 9.17) is 0 Å². The fraction of sp³-hybridized carbons (Fsp3) is 0.478. The Hall–Kier alpha value is -2.96. The van der Waals surface area contributed by atoms with Gasteiger partial charge in [0.05, 0.1) is 16.7 Å². The number of H-pyrrole nitrogens is 1. The molecule has 4 rings (SSSR count). The maximum absolute atomic E-state index is 12.3. The van der Waals surface area contributed by atoms with Crippen LogP contribution in [-0.2, 0) is 30.6 Å². The first-order valence-electron chi connectivity index (χ1n) is 11.0. The molecule has 2 aromatic heterocycles. The van der Waals surface area contributed by atoms with Gasteiger partial charge in [-0.25, -0.2) is 9.67 Å². The summed E-state index contributed by atoms with van der Waals surface area (Å²) in [5, 5.41) is 7.36. The molecule has 158 valence electrons. The Morgan fingerprint density at radius 2 is 1.97 bits per heavy atom. The Morgan fingerprint density at radius 3 is 2.87 bits per heavy atom. The number of hydrogen-bond donors (Lipinski definition) is 2. The monoisotopic (exact) mass is 407 g/mol. The number of benzene rings is 1. The number of imidazole rings is 1. The van der Waals surface area contributed by atoms with E-state index in [1.807, 2.05) is 24.3 Å². The molecule has 7 heteroatoms. The first-order chi connectivity index (χ1) is 14.7. The molecule has 0 radical (unpaired) electrons. The van der Waals surface area contributed by atoms with E-state index >= 15 is 0 Å². The zero-order valence-corrected chi connectivity index (χ0v) is 17.3. The van der Waals surface area contributed by atoms with E-state index in [-0.39, 0.29) is 18.0 Å². The number of nitrogens with zero attached hydrogens (tertiary/aromatic N) is 3. The normalized spacial score (nSPS) is 13.7. The highest BCUT2D eigenvalue weighted by Gasteiger charge is 2.13. The van der Waals surface area contributed by atoms with Crippen LogP contribution in [0, 0.1) is 0 Å². The highest BCUT2D eigenvalue weighted by atomic mass is 16.2. The molecular weight excluding hydrogens is 378 g/mol. The number of carbonyl (C=O) groups excluding carboxylic acids is 1. The van der Waals surface area contributed by atoms with E-state index in [1.165, 1.54) is 11.1 Å². The van der Waals surface area contributed by atoms with Gasteiger partial charge in [0.2, 0.25) is 5.91 Å². The molecule has 0 aliphatic heterocycles. The molecule has 0 spiro atoms. The van der Waals surface area contributed by atoms with Crippen LogP contribution in [0.2, 0.25) is 0 Å². The summed E-state index contributed by atoms with van der Waals surface area (Å²) in [6, 6.07) is 9.70. The van der Waals surface area contributed by atoms with Crippen molar-refractivity contribution in [1.29, 1.82) is 0 Å². The van der Waals surface area contributed by atoms with Gasteiger partial charge in [-0.3, -0.25) is 9.59 Å². The van der Waals surface area contributed by atoms with Crippen LogP contribution in [0.3, 0.4) is 0 Å². The summed E-state index contributed by atoms with van der Waals surface area (Å²) < 4.78 is 1.31. The van der Waals surface area contributed by atoms with Crippen molar-refractivity contribution in [3.63, 3.8) is 0 Å². The van der Waals surface area contributed by atoms with Gasteiger partial charge >= 0.3 is 0 Å². The third-order valence-electron chi connectivity index (χ3n) is 5.67. The topological polar surface area (TPSA) is 92.7 Å². The first-order valence-corrected chi connectivity index (χ1v) is 11.0. The van der Waals surface area contributed by atoms with Gasteiger partial charge in [0.25, 0.3) is 5.56 Å². The Morgan fingerprint density at radius 1 is 1.10 bits per heavy atom. The summed E-state index contributed by atoms with van der Waals surface area (Å²) in [6.45, 7) is 0.601. The third-order valence-corrected chi connectivity index (χ3v) is 5.67. The molecule has 0 bridgehead atoms. The summed E-state index contributed by atoms with van der Waals surface area (Å²) in [5.41, 5.74) is 3.92. The average Bonchev–Trinajstić information content (AvgIpc) is 3.02. The molecule has 0 saturated carbocycles. The lowest BCUT2D eigenvalue weighted by Gasteiger charge is -2.10. The second-order valence-electron chi connectivity index (χ2n) is 8.03. The van der Waals surface area contributed by atoms with Gasteiger partial charge in [0.15, 0.2) is 0 Å². The SMILES string of the molecule is O=C(Cn1nc2c(cc1=O)CCCCC2)NCCCCCc1nc2ccccc2[nH]1. The van der Waals surface area contributed by atoms with Crippen molar-refractivity contribution in [3.05, 3.63) is 57.8 Å². The van der Waals surface area contributed by atoms with Crippen molar-refractivity contribution in [1.82, 2.24) is 25.1 Å². The number of aromatic amines is 1. The lowest BCUT2D eigenvalue weighted by molar-refractivity contribution is -0.121. The molecular formula is C23H29N5O2. The van der Waals surface area contributed by atoms with Gasteiger partial charge in [-0.15, -0.1) is 0 Å². The summed E-state index contributed by atoms with van der Waals surface area (Å²) in [4.78, 5) is 32.4. The minimum absolute atomic E-state index is 0.00883. The van der Waals surface area contributed by atoms with Crippen LogP contribution in [0.25, 0.3) is 11.0 Å². The van der Waals surface area contributed by atoms with Crippen molar-refractivity contribution in [2.75, 3.05) is 6.54 Å². The molecule has 2 heterocycles. The zero-order chi connectivity index (χ0) is 20.8. The maximum Gasteiger partial charge on any atom is 0.267 e. The number of hydrogen-bond acceptors (Lipinski definition) is 4. The van der Waals surface area contributed by atoms with Crippen molar-refractivity contribution in [2.45, 2.75) is 64.3 Å². The van der Waals surface area contributed by atoms with E-state index < -0.39 is 0 Å². The molecule has 1 aliphatic rings. The second kappa shape index (κ2) is 9.69. The molecule has 30 heavy (non-hydrogen) atoms. The van der Waals surface area contributed by atoms with Gasteiger partial charge in [-0.05, 0) is 56.2 Å². The largest absolute Gasteiger partial charge is 0.354 e. The summed E-state index contributed by atoms with van der Waals surface area (Å²) in [7, 11) is 0. The number of rotatable bonds is 8. The molecule has 0 unspecified atom stereocenters. The Balaban J connectivity index is 1.18. The number of unbranched alkanes of at least 4 members (excludes halogenated alkanes) is 2. The lowest BCUT2D eigenvalue weighted by Crippen LogP contribution is -2.34. The molecule has 0 saturated heterocycles. The molecule has 3 aromatic rings. The molecule has 1 amide bonds. The highest BCUT2D eigenvalue weighted by molar-refractivity contribution is 5.75. The third kappa shape index (κ3) is 5.14. The molecule has 1 aromatic carbocycles. The van der Waals surface area contributed by atoms with Crippen molar-refractivity contribution in [3.8, 4) is 0 Å². The van der Waals surface area contributed by atoms with Crippen LogP contribution in [0.5, 0.6) is 0 Å². The van der Waals surface area contributed by atoms with Crippen molar-refractivity contribution in [2.24, 2.45) is 0 Å². The van der Waals surface area contributed by atoms with Gasteiger partial charge in [-0.1, -0.05) is 25.0 Å². The lowest BCUT2D eigenvalue weighted by atomic mass is 10.1. The maximum atomic E-state index is 12.3. The fourth-order valence-corrected chi connectivity index (χ4v) is 4.03.